The molecule has 5 nitrogen and oxygen atoms in total. The molecule has 0 saturated carbocycles. The number of aryl methyl sites for hydroxylation is 2. The van der Waals surface area contributed by atoms with E-state index in [-0.39, 0.29) is 0 Å². The largest absolute Gasteiger partial charge is 0.497 e. The Kier molecular flexibility index (Phi) is 5.36. The van der Waals surface area contributed by atoms with Crippen LogP contribution in [0.4, 0.5) is 0 Å². The number of hydrogen-bond acceptors (Lipinski definition) is 4. The quantitative estimate of drug-likeness (QED) is 0.443. The van der Waals surface area contributed by atoms with Crippen molar-refractivity contribution in [1.82, 2.24) is 9.38 Å². The molecule has 0 amide bonds. The van der Waals surface area contributed by atoms with Crippen molar-refractivity contribution in [2.75, 3.05) is 21.3 Å². The lowest BCUT2D eigenvalue weighted by molar-refractivity contribution is 0.355. The Morgan fingerprint density at radius 2 is 1.63 bits per heavy atom. The maximum absolute atomic E-state index is 5.52. The maximum atomic E-state index is 5.52. The van der Waals surface area contributed by atoms with Gasteiger partial charge in [-0.2, -0.15) is 0 Å². The van der Waals surface area contributed by atoms with Crippen molar-refractivity contribution in [1.29, 1.82) is 0 Å². The second kappa shape index (κ2) is 8.11. The van der Waals surface area contributed by atoms with Gasteiger partial charge in [-0.05, 0) is 66.9 Å². The van der Waals surface area contributed by atoms with Crippen molar-refractivity contribution < 1.29 is 14.2 Å². The van der Waals surface area contributed by atoms with Crippen molar-refractivity contribution in [3.63, 3.8) is 0 Å². The lowest BCUT2D eigenvalue weighted by Gasteiger charge is -2.12. The Balaban J connectivity index is 1.88. The fraction of sp³-hybridized carbons (Fsp3) is 0.240. The molecule has 2 heterocycles. The van der Waals surface area contributed by atoms with Gasteiger partial charge in [0.1, 0.15) is 11.4 Å². The van der Waals surface area contributed by atoms with Crippen LogP contribution in [0.25, 0.3) is 16.9 Å². The van der Waals surface area contributed by atoms with Gasteiger partial charge in [0.2, 0.25) is 0 Å². The van der Waals surface area contributed by atoms with Crippen LogP contribution in [0.15, 0.2) is 54.7 Å². The van der Waals surface area contributed by atoms with Gasteiger partial charge in [-0.25, -0.2) is 4.98 Å². The summed E-state index contributed by atoms with van der Waals surface area (Å²) in [7, 11) is 4.98. The third-order valence-electron chi connectivity index (χ3n) is 5.43. The first-order valence-corrected chi connectivity index (χ1v) is 9.87. The molecule has 0 aliphatic heterocycles. The molecule has 154 valence electrons. The fourth-order valence-electron chi connectivity index (χ4n) is 3.76. The average molecular weight is 402 g/mol. The van der Waals surface area contributed by atoms with E-state index in [1.54, 1.807) is 21.3 Å². The van der Waals surface area contributed by atoms with E-state index in [0.29, 0.717) is 11.5 Å². The maximum Gasteiger partial charge on any atom is 0.161 e. The summed E-state index contributed by atoms with van der Waals surface area (Å²) in [6, 6.07) is 16.3. The molecular formula is C25H26N2O3. The van der Waals surface area contributed by atoms with Gasteiger partial charge in [0.25, 0.3) is 0 Å². The van der Waals surface area contributed by atoms with Crippen LogP contribution >= 0.6 is 0 Å². The van der Waals surface area contributed by atoms with Gasteiger partial charge >= 0.3 is 0 Å². The predicted molar refractivity (Wildman–Crippen MR) is 119 cm³/mol. The van der Waals surface area contributed by atoms with Crippen molar-refractivity contribution in [2.24, 2.45) is 0 Å². The first-order valence-electron chi connectivity index (χ1n) is 9.87. The predicted octanol–water partition coefficient (Wildman–Crippen LogP) is 5.23. The van der Waals surface area contributed by atoms with Crippen molar-refractivity contribution >= 4 is 5.65 Å². The zero-order valence-electron chi connectivity index (χ0n) is 18.0. The number of rotatable bonds is 6. The van der Waals surface area contributed by atoms with Gasteiger partial charge in [-0.1, -0.05) is 12.1 Å². The normalized spacial score (nSPS) is 11.0. The average Bonchev–Trinajstić information content (AvgIpc) is 3.12. The van der Waals surface area contributed by atoms with Crippen LogP contribution in [0.1, 0.15) is 22.4 Å². The molecule has 0 saturated heterocycles. The highest BCUT2D eigenvalue weighted by atomic mass is 16.5. The van der Waals surface area contributed by atoms with Crippen LogP contribution in [0.3, 0.4) is 0 Å². The molecule has 0 atom stereocenters. The summed E-state index contributed by atoms with van der Waals surface area (Å²) in [6.45, 7) is 4.21. The lowest BCUT2D eigenvalue weighted by atomic mass is 10.00. The number of hydrogen-bond donors (Lipinski definition) is 0. The van der Waals surface area contributed by atoms with Gasteiger partial charge in [0.05, 0.1) is 32.7 Å². The molecule has 0 bridgehead atoms. The van der Waals surface area contributed by atoms with Gasteiger partial charge in [-0.15, -0.1) is 0 Å². The number of aromatic nitrogens is 2. The molecule has 5 heteroatoms. The van der Waals surface area contributed by atoms with Crippen LogP contribution in [0.2, 0.25) is 0 Å². The Morgan fingerprint density at radius 3 is 2.33 bits per heavy atom. The Labute approximate surface area is 176 Å². The topological polar surface area (TPSA) is 45.0 Å². The van der Waals surface area contributed by atoms with Gasteiger partial charge in [0, 0.05) is 18.2 Å². The lowest BCUT2D eigenvalue weighted by Crippen LogP contribution is -2.00. The highest BCUT2D eigenvalue weighted by Crippen LogP contribution is 2.35. The summed E-state index contributed by atoms with van der Waals surface area (Å²) in [4.78, 5) is 4.96. The van der Waals surface area contributed by atoms with Crippen LogP contribution in [0, 0.1) is 13.8 Å². The number of fused-ring (bicyclic) bond motifs is 1. The molecule has 2 aromatic heterocycles. The third kappa shape index (κ3) is 3.59. The number of pyridine rings is 1. The van der Waals surface area contributed by atoms with Gasteiger partial charge in [-0.3, -0.25) is 0 Å². The minimum atomic E-state index is 0.690. The van der Waals surface area contributed by atoms with Crippen LogP contribution in [0.5, 0.6) is 17.2 Å². The molecule has 4 rings (SSSR count). The number of nitrogens with zero attached hydrogens (tertiary/aromatic N) is 2. The Hall–Kier alpha value is -3.47. The van der Waals surface area contributed by atoms with E-state index >= 15 is 0 Å². The SMILES string of the molecule is COc1ccc(Cc2c(-c3ccc(OC)c(OC)c3)nc3ccc(C)cn23)c(C)c1. The van der Waals surface area contributed by atoms with E-state index in [0.717, 1.165) is 34.8 Å². The number of ether oxygens (including phenoxy) is 3. The molecule has 4 aromatic rings. The Bertz CT molecular complexity index is 1210. The number of benzene rings is 2. The summed E-state index contributed by atoms with van der Waals surface area (Å²) < 4.78 is 18.5. The number of imidazole rings is 1. The first kappa shape index (κ1) is 19.8. The van der Waals surface area contributed by atoms with E-state index in [9.17, 15) is 0 Å². The van der Waals surface area contributed by atoms with Crippen molar-refractivity contribution in [3.05, 3.63) is 77.1 Å². The van der Waals surface area contributed by atoms with Crippen LogP contribution in [-0.2, 0) is 6.42 Å². The van der Waals surface area contributed by atoms with Gasteiger partial charge in [0.15, 0.2) is 11.5 Å². The fourth-order valence-corrected chi connectivity index (χ4v) is 3.76. The minimum Gasteiger partial charge on any atom is -0.497 e. The second-order valence-corrected chi connectivity index (χ2v) is 7.38. The van der Waals surface area contributed by atoms with Gasteiger partial charge < -0.3 is 18.6 Å². The summed E-state index contributed by atoms with van der Waals surface area (Å²) in [5.41, 5.74) is 7.61. The smallest absolute Gasteiger partial charge is 0.161 e. The molecule has 0 N–H and O–H groups in total. The van der Waals surface area contributed by atoms with E-state index in [4.69, 9.17) is 19.2 Å². The number of methoxy groups -OCH3 is 3. The molecule has 0 radical (unpaired) electrons. The molecule has 0 aliphatic rings. The second-order valence-electron chi connectivity index (χ2n) is 7.38. The zero-order valence-corrected chi connectivity index (χ0v) is 18.0. The van der Waals surface area contributed by atoms with Crippen LogP contribution < -0.4 is 14.2 Å². The first-order chi connectivity index (χ1) is 14.5. The monoisotopic (exact) mass is 402 g/mol. The highest BCUT2D eigenvalue weighted by molar-refractivity contribution is 5.70. The zero-order chi connectivity index (χ0) is 21.3. The summed E-state index contributed by atoms with van der Waals surface area (Å²) >= 11 is 0. The molecule has 30 heavy (non-hydrogen) atoms. The van der Waals surface area contributed by atoms with E-state index < -0.39 is 0 Å². The molecular weight excluding hydrogens is 376 g/mol. The minimum absolute atomic E-state index is 0.690. The summed E-state index contributed by atoms with van der Waals surface area (Å²) in [5, 5.41) is 0. The molecule has 0 unspecified atom stereocenters. The molecule has 2 aromatic carbocycles. The highest BCUT2D eigenvalue weighted by Gasteiger charge is 2.17. The summed E-state index contributed by atoms with van der Waals surface area (Å²) in [6.07, 6.45) is 2.89. The van der Waals surface area contributed by atoms with Crippen molar-refractivity contribution in [3.8, 4) is 28.5 Å². The molecule has 0 fully saturated rings. The van der Waals surface area contributed by atoms with E-state index in [2.05, 4.69) is 48.7 Å². The van der Waals surface area contributed by atoms with Crippen LogP contribution in [-0.4, -0.2) is 30.7 Å². The van der Waals surface area contributed by atoms with E-state index in [1.165, 1.54) is 16.7 Å². The Morgan fingerprint density at radius 1 is 0.833 bits per heavy atom. The van der Waals surface area contributed by atoms with E-state index in [1.807, 2.05) is 24.3 Å². The molecule has 0 aliphatic carbocycles. The van der Waals surface area contributed by atoms with Crippen molar-refractivity contribution in [2.45, 2.75) is 20.3 Å². The summed E-state index contributed by atoms with van der Waals surface area (Å²) in [5.74, 6) is 2.26. The third-order valence-corrected chi connectivity index (χ3v) is 5.43. The molecule has 0 spiro atoms. The standard InChI is InChI=1S/C25H26N2O3/c1-16-6-11-24-26-25(19-8-10-22(29-4)23(14-19)30-5)21(27(24)15-16)13-18-7-9-20(28-3)12-17(18)2/h6-12,14-15H,13H2,1-5H3.